The van der Waals surface area contributed by atoms with E-state index in [1.54, 1.807) is 0 Å². The molecule has 1 saturated heterocycles. The maximum absolute atomic E-state index is 11.4. The SMILES string of the molecule is CC12CCC3c4ccc(O)cc4CCC3C1CCC2=N.NC(=O)CCCCCN1C(=O)CC(S)C1=O. The number of phenols is 1. The second kappa shape index (κ2) is 11.0. The van der Waals surface area contributed by atoms with E-state index in [0.717, 1.165) is 36.8 Å². The number of likely N-dealkylation sites (tertiary alicyclic amines) is 1. The number of aryl methyl sites for hydroxylation is 1. The zero-order chi connectivity index (χ0) is 26.0. The van der Waals surface area contributed by atoms with Gasteiger partial charge in [0.05, 0.1) is 5.25 Å². The standard InChI is InChI=1S/C18H23NO.C10H16N2O3S/c1-18-9-8-14-13-5-3-12(20)10-11(13)2-4-15(14)16(18)6-7-17(18)19;11-8(13)4-2-1-3-5-12-9(14)6-7(16)10(12)15/h3,5,10,14-16,19-20H,2,4,6-9H2,1H3;7,16H,1-6H2,(H2,11,13). The zero-order valence-corrected chi connectivity index (χ0v) is 22.1. The molecule has 36 heavy (non-hydrogen) atoms. The lowest BCUT2D eigenvalue weighted by Crippen LogP contribution is -2.42. The molecule has 4 N–H and O–H groups in total. The molecular weight excluding hydrogens is 474 g/mol. The van der Waals surface area contributed by atoms with E-state index in [1.807, 2.05) is 12.1 Å². The Morgan fingerprint density at radius 3 is 2.67 bits per heavy atom. The van der Waals surface area contributed by atoms with Crippen LogP contribution in [0.4, 0.5) is 0 Å². The number of hydrogen-bond donors (Lipinski definition) is 4. The molecule has 0 aromatic heterocycles. The maximum atomic E-state index is 11.4. The van der Waals surface area contributed by atoms with Crippen LogP contribution in [0.15, 0.2) is 18.2 Å². The first-order valence-electron chi connectivity index (χ1n) is 13.3. The first-order valence-corrected chi connectivity index (χ1v) is 13.8. The number of primary amides is 1. The fraction of sp³-hybridized carbons (Fsp3) is 0.643. The number of nitrogens with one attached hydrogen (secondary N) is 1. The predicted octanol–water partition coefficient (Wildman–Crippen LogP) is 4.36. The lowest BCUT2D eigenvalue weighted by Gasteiger charge is -2.49. The van der Waals surface area contributed by atoms with Gasteiger partial charge in [-0.25, -0.2) is 0 Å². The summed E-state index contributed by atoms with van der Waals surface area (Å²) in [7, 11) is 0. The van der Waals surface area contributed by atoms with E-state index in [-0.39, 0.29) is 29.6 Å². The molecule has 1 aliphatic heterocycles. The minimum atomic E-state index is -0.474. The number of hydrogen-bond acceptors (Lipinski definition) is 6. The van der Waals surface area contributed by atoms with Crippen LogP contribution in [0.2, 0.25) is 0 Å². The van der Waals surface area contributed by atoms with Crippen molar-refractivity contribution in [2.75, 3.05) is 6.54 Å². The van der Waals surface area contributed by atoms with Crippen molar-refractivity contribution in [2.24, 2.45) is 23.0 Å². The highest BCUT2D eigenvalue weighted by molar-refractivity contribution is 7.81. The van der Waals surface area contributed by atoms with Gasteiger partial charge in [-0.1, -0.05) is 19.4 Å². The Labute approximate surface area is 219 Å². The van der Waals surface area contributed by atoms with Gasteiger partial charge in [0.2, 0.25) is 17.7 Å². The third-order valence-electron chi connectivity index (χ3n) is 9.02. The van der Waals surface area contributed by atoms with Gasteiger partial charge in [-0.2, -0.15) is 12.6 Å². The molecule has 2 saturated carbocycles. The van der Waals surface area contributed by atoms with Gasteiger partial charge in [-0.15, -0.1) is 0 Å². The molecular formula is C28H39N3O4S. The van der Waals surface area contributed by atoms with Crippen LogP contribution in [0.3, 0.4) is 0 Å². The van der Waals surface area contributed by atoms with Gasteiger partial charge >= 0.3 is 0 Å². The highest BCUT2D eigenvalue weighted by atomic mass is 32.1. The number of fused-ring (bicyclic) bond motifs is 5. The van der Waals surface area contributed by atoms with Crippen LogP contribution >= 0.6 is 12.6 Å². The second-order valence-electron chi connectivity index (χ2n) is 11.2. The fourth-order valence-electron chi connectivity index (χ4n) is 7.03. The first kappa shape index (κ1) is 26.7. The van der Waals surface area contributed by atoms with E-state index in [9.17, 15) is 19.5 Å². The van der Waals surface area contributed by atoms with Crippen molar-refractivity contribution in [3.05, 3.63) is 29.3 Å². The van der Waals surface area contributed by atoms with Crippen LogP contribution in [0.1, 0.15) is 88.2 Å². The van der Waals surface area contributed by atoms with Crippen LogP contribution < -0.4 is 5.73 Å². The number of phenolic OH excluding ortho intramolecular Hbond substituents is 1. The summed E-state index contributed by atoms with van der Waals surface area (Å²) in [5.41, 5.74) is 9.04. The van der Waals surface area contributed by atoms with Crippen molar-refractivity contribution in [3.8, 4) is 5.75 Å². The molecule has 0 radical (unpaired) electrons. The van der Waals surface area contributed by atoms with Crippen molar-refractivity contribution in [1.82, 2.24) is 4.90 Å². The number of benzene rings is 1. The fourth-order valence-corrected chi connectivity index (χ4v) is 7.32. The van der Waals surface area contributed by atoms with Crippen molar-refractivity contribution >= 4 is 36.1 Å². The Hall–Kier alpha value is -2.35. The molecule has 3 amide bonds. The molecule has 4 aliphatic rings. The molecule has 0 spiro atoms. The molecule has 3 aliphatic carbocycles. The van der Waals surface area contributed by atoms with Gasteiger partial charge in [0.1, 0.15) is 5.75 Å². The molecule has 8 heteroatoms. The third-order valence-corrected chi connectivity index (χ3v) is 9.42. The second-order valence-corrected chi connectivity index (χ2v) is 11.8. The van der Waals surface area contributed by atoms with E-state index in [1.165, 1.54) is 41.7 Å². The Morgan fingerprint density at radius 1 is 1.19 bits per heavy atom. The van der Waals surface area contributed by atoms with Gasteiger partial charge in [0.25, 0.3) is 0 Å². The summed E-state index contributed by atoms with van der Waals surface area (Å²) in [6.07, 6.45) is 9.75. The molecule has 1 aromatic carbocycles. The van der Waals surface area contributed by atoms with Gasteiger partial charge < -0.3 is 16.2 Å². The minimum Gasteiger partial charge on any atom is -0.508 e. The number of unbranched alkanes of at least 4 members (excludes halogenated alkanes) is 2. The lowest BCUT2D eigenvalue weighted by molar-refractivity contribution is -0.138. The van der Waals surface area contributed by atoms with Gasteiger partial charge in [-0.3, -0.25) is 19.3 Å². The molecule has 5 atom stereocenters. The van der Waals surface area contributed by atoms with Crippen LogP contribution in [0.25, 0.3) is 0 Å². The van der Waals surface area contributed by atoms with E-state index in [2.05, 4.69) is 25.6 Å². The molecule has 3 fully saturated rings. The summed E-state index contributed by atoms with van der Waals surface area (Å²) in [4.78, 5) is 34.5. The summed E-state index contributed by atoms with van der Waals surface area (Å²) in [6, 6.07) is 5.98. The van der Waals surface area contributed by atoms with Crippen LogP contribution in [0.5, 0.6) is 5.75 Å². The molecule has 1 aromatic rings. The molecule has 0 bridgehead atoms. The van der Waals surface area contributed by atoms with Gasteiger partial charge in [0, 0.05) is 30.5 Å². The van der Waals surface area contributed by atoms with E-state index >= 15 is 0 Å². The average molecular weight is 514 g/mol. The number of carbonyl (C=O) groups is 3. The molecule has 1 heterocycles. The Bertz CT molecular complexity index is 1040. The number of carbonyl (C=O) groups excluding carboxylic acids is 3. The molecule has 7 nitrogen and oxygen atoms in total. The summed E-state index contributed by atoms with van der Waals surface area (Å²) >= 11 is 4.02. The highest BCUT2D eigenvalue weighted by Crippen LogP contribution is 2.59. The Balaban J connectivity index is 0.000000175. The minimum absolute atomic E-state index is 0.153. The van der Waals surface area contributed by atoms with Crippen molar-refractivity contribution < 1.29 is 19.5 Å². The first-order chi connectivity index (χ1) is 17.1. The van der Waals surface area contributed by atoms with Crippen molar-refractivity contribution in [1.29, 1.82) is 5.41 Å². The average Bonchev–Trinajstić information content (AvgIpc) is 3.27. The number of nitrogens with two attached hydrogens (primary N) is 1. The highest BCUT2D eigenvalue weighted by Gasteiger charge is 2.52. The number of rotatable bonds is 6. The monoisotopic (exact) mass is 513 g/mol. The quantitative estimate of drug-likeness (QED) is 0.256. The molecule has 196 valence electrons. The van der Waals surface area contributed by atoms with Gasteiger partial charge in [-0.05, 0) is 92.4 Å². The molecule has 5 rings (SSSR count). The molecule has 5 unspecified atom stereocenters. The van der Waals surface area contributed by atoms with E-state index in [4.69, 9.17) is 11.1 Å². The van der Waals surface area contributed by atoms with E-state index < -0.39 is 5.25 Å². The van der Waals surface area contributed by atoms with Crippen LogP contribution in [-0.2, 0) is 20.8 Å². The maximum Gasteiger partial charge on any atom is 0.242 e. The summed E-state index contributed by atoms with van der Waals surface area (Å²) < 4.78 is 0. The zero-order valence-electron chi connectivity index (χ0n) is 21.2. The third kappa shape index (κ3) is 5.34. The van der Waals surface area contributed by atoms with Crippen LogP contribution in [-0.4, -0.2) is 45.2 Å². The van der Waals surface area contributed by atoms with Crippen LogP contribution in [0, 0.1) is 22.7 Å². The Kier molecular flexibility index (Phi) is 8.12. The lowest BCUT2D eigenvalue weighted by atomic mass is 9.55. The Morgan fingerprint density at radius 2 is 1.97 bits per heavy atom. The number of nitrogens with zero attached hydrogens (tertiary/aromatic N) is 1. The topological polar surface area (TPSA) is 125 Å². The number of imide groups is 1. The van der Waals surface area contributed by atoms with E-state index in [0.29, 0.717) is 37.5 Å². The van der Waals surface area contributed by atoms with Gasteiger partial charge in [0.15, 0.2) is 0 Å². The number of amides is 3. The largest absolute Gasteiger partial charge is 0.508 e. The van der Waals surface area contributed by atoms with Crippen molar-refractivity contribution in [2.45, 2.75) is 88.7 Å². The number of aromatic hydroxyl groups is 1. The summed E-state index contributed by atoms with van der Waals surface area (Å²) in [5, 5.41) is 17.5. The normalized spacial score (nSPS) is 30.8. The summed E-state index contributed by atoms with van der Waals surface area (Å²) in [6.45, 7) is 2.77. The smallest absolute Gasteiger partial charge is 0.242 e. The number of thiol groups is 1. The predicted molar refractivity (Wildman–Crippen MR) is 142 cm³/mol. The van der Waals surface area contributed by atoms with Crippen molar-refractivity contribution in [3.63, 3.8) is 0 Å². The summed E-state index contributed by atoms with van der Waals surface area (Å²) in [5.74, 6) is 1.88.